The maximum atomic E-state index is 13.0. The smallest absolute Gasteiger partial charge is 0.123 e. The van der Waals surface area contributed by atoms with Crippen LogP contribution in [0.2, 0.25) is 0 Å². The van der Waals surface area contributed by atoms with Gasteiger partial charge in [-0.25, -0.2) is 4.39 Å². The molecule has 1 aromatic rings. The molecule has 0 spiro atoms. The van der Waals surface area contributed by atoms with Crippen molar-refractivity contribution in [2.75, 3.05) is 13.6 Å². The lowest BCUT2D eigenvalue weighted by molar-refractivity contribution is 0.0460. The Morgan fingerprint density at radius 1 is 1.22 bits per heavy atom. The molecule has 100 valence electrons. The highest BCUT2D eigenvalue weighted by Crippen LogP contribution is 2.53. The van der Waals surface area contributed by atoms with Crippen molar-refractivity contribution >= 4 is 0 Å². The molecule has 1 aromatic carbocycles. The summed E-state index contributed by atoms with van der Waals surface area (Å²) in [5.41, 5.74) is 1.86. The maximum absolute atomic E-state index is 13.0. The van der Waals surface area contributed by atoms with Gasteiger partial charge in [-0.05, 0) is 48.9 Å². The number of hydrogen-bond donors (Lipinski definition) is 1. The molecule has 0 atom stereocenters. The molecule has 2 heteroatoms. The van der Waals surface area contributed by atoms with Crippen molar-refractivity contribution in [3.05, 3.63) is 35.6 Å². The van der Waals surface area contributed by atoms with Gasteiger partial charge in [0.15, 0.2) is 0 Å². The molecule has 0 amide bonds. The van der Waals surface area contributed by atoms with Gasteiger partial charge < -0.3 is 5.32 Å². The lowest BCUT2D eigenvalue weighted by Crippen LogP contribution is -2.51. The molecule has 0 saturated heterocycles. The van der Waals surface area contributed by atoms with Gasteiger partial charge in [0.05, 0.1) is 0 Å². The monoisotopic (exact) mass is 249 g/mol. The molecule has 1 fully saturated rings. The largest absolute Gasteiger partial charge is 0.319 e. The van der Waals surface area contributed by atoms with Gasteiger partial charge in [0, 0.05) is 12.0 Å². The van der Waals surface area contributed by atoms with Crippen molar-refractivity contribution in [2.45, 2.75) is 39.0 Å². The number of rotatable bonds is 3. The van der Waals surface area contributed by atoms with Crippen molar-refractivity contribution in [2.24, 2.45) is 11.3 Å². The third-order valence-electron chi connectivity index (χ3n) is 4.47. The van der Waals surface area contributed by atoms with Crippen LogP contribution in [0, 0.1) is 17.2 Å². The van der Waals surface area contributed by atoms with E-state index in [0.29, 0.717) is 5.41 Å². The molecule has 18 heavy (non-hydrogen) atoms. The van der Waals surface area contributed by atoms with Gasteiger partial charge in [0.1, 0.15) is 5.82 Å². The van der Waals surface area contributed by atoms with Crippen molar-refractivity contribution < 1.29 is 4.39 Å². The van der Waals surface area contributed by atoms with Gasteiger partial charge in [0.25, 0.3) is 0 Å². The summed E-state index contributed by atoms with van der Waals surface area (Å²) in [7, 11) is 2.00. The number of hydrogen-bond acceptors (Lipinski definition) is 1. The quantitative estimate of drug-likeness (QED) is 0.860. The Kier molecular flexibility index (Phi) is 3.50. The van der Waals surface area contributed by atoms with Crippen molar-refractivity contribution in [1.29, 1.82) is 0 Å². The Morgan fingerprint density at radius 2 is 1.78 bits per heavy atom. The minimum Gasteiger partial charge on any atom is -0.319 e. The van der Waals surface area contributed by atoms with Gasteiger partial charge in [-0.15, -0.1) is 0 Å². The maximum Gasteiger partial charge on any atom is 0.123 e. The van der Waals surface area contributed by atoms with Gasteiger partial charge in [-0.2, -0.15) is 0 Å². The van der Waals surface area contributed by atoms with Crippen LogP contribution in [-0.4, -0.2) is 13.6 Å². The summed E-state index contributed by atoms with van der Waals surface area (Å²) in [4.78, 5) is 0. The van der Waals surface area contributed by atoms with Gasteiger partial charge in [0.2, 0.25) is 0 Å². The van der Waals surface area contributed by atoms with Gasteiger partial charge >= 0.3 is 0 Å². The number of benzene rings is 1. The minimum absolute atomic E-state index is 0.148. The average Bonchev–Trinajstić information content (AvgIpc) is 2.22. The van der Waals surface area contributed by atoms with Crippen LogP contribution < -0.4 is 5.32 Å². The van der Waals surface area contributed by atoms with Crippen LogP contribution >= 0.6 is 0 Å². The number of nitrogens with one attached hydrogen (secondary N) is 1. The lowest BCUT2D eigenvalue weighted by atomic mass is 9.52. The molecule has 1 aliphatic carbocycles. The van der Waals surface area contributed by atoms with E-state index in [-0.39, 0.29) is 11.2 Å². The fraction of sp³-hybridized carbons (Fsp3) is 0.625. The van der Waals surface area contributed by atoms with Crippen molar-refractivity contribution in [3.63, 3.8) is 0 Å². The van der Waals surface area contributed by atoms with E-state index in [1.54, 1.807) is 12.1 Å². The summed E-state index contributed by atoms with van der Waals surface area (Å²) in [5, 5.41) is 3.30. The topological polar surface area (TPSA) is 12.0 Å². The summed E-state index contributed by atoms with van der Waals surface area (Å²) < 4.78 is 13.0. The highest BCUT2D eigenvalue weighted by Gasteiger charge is 2.48. The molecule has 2 rings (SSSR count). The fourth-order valence-electron chi connectivity index (χ4n) is 3.12. The summed E-state index contributed by atoms with van der Waals surface area (Å²) in [6.45, 7) is 7.91. The minimum atomic E-state index is -0.148. The zero-order valence-corrected chi connectivity index (χ0v) is 11.9. The van der Waals surface area contributed by atoms with E-state index in [1.165, 1.54) is 18.4 Å². The summed E-state index contributed by atoms with van der Waals surface area (Å²) in [5.74, 6) is 0.612. The number of likely N-dealkylation sites (N-methyl/N-ethyl adjacent to an activating group) is 1. The SMILES string of the molecule is CNCC1(c2ccc(F)cc2)CC(C(C)(C)C)C1. The second-order valence-corrected chi connectivity index (χ2v) is 6.79. The zero-order valence-electron chi connectivity index (χ0n) is 11.9. The standard InChI is InChI=1S/C16H24FN/c1-15(2,3)13-9-16(10-13,11-18-4)12-5-7-14(17)8-6-12/h5-8,13,18H,9-11H2,1-4H3. The predicted octanol–water partition coefficient (Wildman–Crippen LogP) is 3.74. The summed E-state index contributed by atoms with van der Waals surface area (Å²) >= 11 is 0. The third kappa shape index (κ3) is 2.44. The molecule has 0 heterocycles. The fourth-order valence-corrected chi connectivity index (χ4v) is 3.12. The molecule has 1 nitrogen and oxygen atoms in total. The van der Waals surface area contributed by atoms with Crippen LogP contribution in [0.5, 0.6) is 0 Å². The Balaban J connectivity index is 2.18. The summed E-state index contributed by atoms with van der Waals surface area (Å²) in [6.07, 6.45) is 2.39. The molecular weight excluding hydrogens is 225 g/mol. The van der Waals surface area contributed by atoms with E-state index in [2.05, 4.69) is 26.1 Å². The molecule has 0 bridgehead atoms. The first-order valence-corrected chi connectivity index (χ1v) is 6.78. The van der Waals surface area contributed by atoms with E-state index >= 15 is 0 Å². The van der Waals surface area contributed by atoms with Crippen LogP contribution in [0.1, 0.15) is 39.2 Å². The first kappa shape index (κ1) is 13.5. The van der Waals surface area contributed by atoms with E-state index in [4.69, 9.17) is 0 Å². The predicted molar refractivity (Wildman–Crippen MR) is 74.2 cm³/mol. The van der Waals surface area contributed by atoms with Crippen LogP contribution in [0.25, 0.3) is 0 Å². The Hall–Kier alpha value is -0.890. The van der Waals surface area contributed by atoms with Crippen LogP contribution in [-0.2, 0) is 5.41 Å². The third-order valence-corrected chi connectivity index (χ3v) is 4.47. The highest BCUT2D eigenvalue weighted by molar-refractivity contribution is 5.30. The van der Waals surface area contributed by atoms with Crippen LogP contribution in [0.4, 0.5) is 4.39 Å². The molecule has 0 radical (unpaired) electrons. The van der Waals surface area contributed by atoms with E-state index in [0.717, 1.165) is 12.5 Å². The van der Waals surface area contributed by atoms with Crippen molar-refractivity contribution in [1.82, 2.24) is 5.32 Å². The first-order valence-electron chi connectivity index (χ1n) is 6.78. The van der Waals surface area contributed by atoms with E-state index in [1.807, 2.05) is 19.2 Å². The van der Waals surface area contributed by atoms with Crippen LogP contribution in [0.3, 0.4) is 0 Å². The lowest BCUT2D eigenvalue weighted by Gasteiger charge is -2.53. The molecule has 1 N–H and O–H groups in total. The van der Waals surface area contributed by atoms with Gasteiger partial charge in [-0.1, -0.05) is 32.9 Å². The zero-order chi connectivity index (χ0) is 13.4. The first-order chi connectivity index (χ1) is 8.37. The molecule has 0 unspecified atom stereocenters. The molecule has 0 aliphatic heterocycles. The number of halogens is 1. The highest BCUT2D eigenvalue weighted by atomic mass is 19.1. The molecule has 1 saturated carbocycles. The average molecular weight is 249 g/mol. The second-order valence-electron chi connectivity index (χ2n) is 6.79. The molecule has 0 aromatic heterocycles. The Morgan fingerprint density at radius 3 is 2.22 bits per heavy atom. The normalized spacial score (nSPS) is 27.9. The Labute approximate surface area is 110 Å². The van der Waals surface area contributed by atoms with E-state index in [9.17, 15) is 4.39 Å². The summed E-state index contributed by atoms with van der Waals surface area (Å²) in [6, 6.07) is 7.06. The Bertz CT molecular complexity index is 396. The van der Waals surface area contributed by atoms with Gasteiger partial charge in [-0.3, -0.25) is 0 Å². The van der Waals surface area contributed by atoms with E-state index < -0.39 is 0 Å². The van der Waals surface area contributed by atoms with Crippen molar-refractivity contribution in [3.8, 4) is 0 Å². The molecule has 1 aliphatic rings. The molecular formula is C16H24FN. The second kappa shape index (κ2) is 4.65. The van der Waals surface area contributed by atoms with Crippen LogP contribution in [0.15, 0.2) is 24.3 Å².